The molecular formula is C10H19F3N2O. The highest BCUT2D eigenvalue weighted by Crippen LogP contribution is 2.21. The number of alkyl halides is 3. The molecule has 0 radical (unpaired) electrons. The molecule has 0 spiro atoms. The number of hydrogen-bond donors (Lipinski definition) is 1. The molecule has 1 aliphatic carbocycles. The van der Waals surface area contributed by atoms with E-state index in [2.05, 4.69) is 4.74 Å². The van der Waals surface area contributed by atoms with Gasteiger partial charge in [-0.25, -0.2) is 0 Å². The summed E-state index contributed by atoms with van der Waals surface area (Å²) in [5, 5.41) is 0. The van der Waals surface area contributed by atoms with Crippen molar-refractivity contribution in [2.45, 2.75) is 44.1 Å². The van der Waals surface area contributed by atoms with Crippen LogP contribution in [-0.4, -0.2) is 43.5 Å². The van der Waals surface area contributed by atoms with Crippen molar-refractivity contribution in [2.24, 2.45) is 5.73 Å². The van der Waals surface area contributed by atoms with Gasteiger partial charge in [0.05, 0.1) is 6.61 Å². The van der Waals surface area contributed by atoms with E-state index in [0.717, 1.165) is 25.7 Å². The molecule has 96 valence electrons. The van der Waals surface area contributed by atoms with Gasteiger partial charge in [0, 0.05) is 18.6 Å². The zero-order valence-electron chi connectivity index (χ0n) is 9.46. The molecule has 1 fully saturated rings. The van der Waals surface area contributed by atoms with Crippen LogP contribution in [0.4, 0.5) is 13.2 Å². The van der Waals surface area contributed by atoms with Gasteiger partial charge in [-0.2, -0.15) is 0 Å². The Hall–Kier alpha value is -0.330. The summed E-state index contributed by atoms with van der Waals surface area (Å²) >= 11 is 0. The monoisotopic (exact) mass is 240 g/mol. The van der Waals surface area contributed by atoms with Gasteiger partial charge in [0.25, 0.3) is 0 Å². The van der Waals surface area contributed by atoms with Crippen LogP contribution < -0.4 is 5.73 Å². The summed E-state index contributed by atoms with van der Waals surface area (Å²) in [5.74, 6) is 0. The molecule has 2 N–H and O–H groups in total. The summed E-state index contributed by atoms with van der Waals surface area (Å²) in [7, 11) is 1.83. The molecule has 0 aromatic heterocycles. The molecule has 0 aromatic rings. The molecule has 1 rings (SSSR count). The van der Waals surface area contributed by atoms with Crippen molar-refractivity contribution in [3.63, 3.8) is 0 Å². The fourth-order valence-electron chi connectivity index (χ4n) is 2.03. The Labute approximate surface area is 93.7 Å². The molecule has 1 saturated carbocycles. The molecule has 6 heteroatoms. The predicted molar refractivity (Wildman–Crippen MR) is 54.9 cm³/mol. The van der Waals surface area contributed by atoms with E-state index in [1.807, 2.05) is 11.9 Å². The van der Waals surface area contributed by atoms with Crippen molar-refractivity contribution >= 4 is 0 Å². The number of rotatable bonds is 4. The molecule has 0 heterocycles. The van der Waals surface area contributed by atoms with Gasteiger partial charge in [0.2, 0.25) is 0 Å². The van der Waals surface area contributed by atoms with Crippen molar-refractivity contribution in [3.05, 3.63) is 0 Å². The highest BCUT2D eigenvalue weighted by atomic mass is 19.4. The molecule has 0 aromatic carbocycles. The Bertz CT molecular complexity index is 203. The summed E-state index contributed by atoms with van der Waals surface area (Å²) in [6.07, 6.45) is -0.687. The zero-order chi connectivity index (χ0) is 12.2. The molecule has 1 aliphatic rings. The summed E-state index contributed by atoms with van der Waals surface area (Å²) in [5.41, 5.74) is 5.76. The highest BCUT2D eigenvalue weighted by Gasteiger charge is 2.29. The SMILES string of the molecule is CN(CCOC(F)(F)F)C1CCC(N)CC1. The quantitative estimate of drug-likeness (QED) is 0.813. The van der Waals surface area contributed by atoms with Crippen molar-refractivity contribution in [1.82, 2.24) is 4.90 Å². The second kappa shape index (κ2) is 5.84. The Kier molecular flexibility index (Phi) is 5.01. The van der Waals surface area contributed by atoms with Gasteiger partial charge < -0.3 is 10.6 Å². The lowest BCUT2D eigenvalue weighted by atomic mass is 9.91. The number of nitrogens with two attached hydrogens (primary N) is 1. The summed E-state index contributed by atoms with van der Waals surface area (Å²) < 4.78 is 39.0. The van der Waals surface area contributed by atoms with E-state index in [4.69, 9.17) is 5.73 Å². The van der Waals surface area contributed by atoms with Crippen LogP contribution in [0.15, 0.2) is 0 Å². The van der Waals surface area contributed by atoms with Crippen LogP contribution >= 0.6 is 0 Å². The molecule has 0 bridgehead atoms. The summed E-state index contributed by atoms with van der Waals surface area (Å²) in [4.78, 5) is 1.93. The third-order valence-corrected chi connectivity index (χ3v) is 3.07. The standard InChI is InChI=1S/C10H19F3N2O/c1-15(6-7-16-10(11,12)13)9-4-2-8(14)3-5-9/h8-9H,2-7,14H2,1H3. The molecule has 0 saturated heterocycles. The van der Waals surface area contributed by atoms with Crippen LogP contribution in [0.1, 0.15) is 25.7 Å². The second-order valence-corrected chi connectivity index (χ2v) is 4.34. The first kappa shape index (κ1) is 13.7. The molecule has 16 heavy (non-hydrogen) atoms. The van der Waals surface area contributed by atoms with E-state index in [-0.39, 0.29) is 12.6 Å². The highest BCUT2D eigenvalue weighted by molar-refractivity contribution is 4.79. The maximum Gasteiger partial charge on any atom is 0.522 e. The number of ether oxygens (including phenoxy) is 1. The van der Waals surface area contributed by atoms with Crippen molar-refractivity contribution < 1.29 is 17.9 Å². The van der Waals surface area contributed by atoms with Crippen LogP contribution in [0.3, 0.4) is 0 Å². The third kappa shape index (κ3) is 5.14. The van der Waals surface area contributed by atoms with Crippen molar-refractivity contribution in [2.75, 3.05) is 20.2 Å². The van der Waals surface area contributed by atoms with Gasteiger partial charge in [-0.1, -0.05) is 0 Å². The van der Waals surface area contributed by atoms with Crippen molar-refractivity contribution in [1.29, 1.82) is 0 Å². The average Bonchev–Trinajstić information content (AvgIpc) is 2.16. The molecular weight excluding hydrogens is 221 g/mol. The molecule has 0 unspecified atom stereocenters. The topological polar surface area (TPSA) is 38.5 Å². The first-order chi connectivity index (χ1) is 7.38. The van der Waals surface area contributed by atoms with Gasteiger partial charge in [0.15, 0.2) is 0 Å². The zero-order valence-corrected chi connectivity index (χ0v) is 9.46. The van der Waals surface area contributed by atoms with Crippen LogP contribution in [-0.2, 0) is 4.74 Å². The van der Waals surface area contributed by atoms with Gasteiger partial charge in [0.1, 0.15) is 0 Å². The van der Waals surface area contributed by atoms with Gasteiger partial charge >= 0.3 is 6.36 Å². The lowest BCUT2D eigenvalue weighted by molar-refractivity contribution is -0.325. The smallest absolute Gasteiger partial charge is 0.328 e. The van der Waals surface area contributed by atoms with E-state index in [0.29, 0.717) is 12.6 Å². The Balaban J connectivity index is 2.17. The lowest BCUT2D eigenvalue weighted by Crippen LogP contribution is -2.40. The first-order valence-corrected chi connectivity index (χ1v) is 5.55. The molecule has 0 amide bonds. The van der Waals surface area contributed by atoms with E-state index in [1.54, 1.807) is 0 Å². The normalized spacial score (nSPS) is 27.4. The van der Waals surface area contributed by atoms with E-state index < -0.39 is 6.36 Å². The van der Waals surface area contributed by atoms with Crippen LogP contribution in [0, 0.1) is 0 Å². The minimum absolute atomic E-state index is 0.260. The first-order valence-electron chi connectivity index (χ1n) is 5.55. The van der Waals surface area contributed by atoms with Crippen LogP contribution in [0.2, 0.25) is 0 Å². The van der Waals surface area contributed by atoms with E-state index in [1.165, 1.54) is 0 Å². The Morgan fingerprint density at radius 1 is 1.25 bits per heavy atom. The van der Waals surface area contributed by atoms with Gasteiger partial charge in [-0.05, 0) is 32.7 Å². The lowest BCUT2D eigenvalue weighted by Gasteiger charge is -2.33. The largest absolute Gasteiger partial charge is 0.522 e. The fourth-order valence-corrected chi connectivity index (χ4v) is 2.03. The Morgan fingerprint density at radius 2 is 1.81 bits per heavy atom. The number of hydrogen-bond acceptors (Lipinski definition) is 3. The number of likely N-dealkylation sites (N-methyl/N-ethyl adjacent to an activating group) is 1. The summed E-state index contributed by atoms with van der Waals surface area (Å²) in [6.45, 7) is 0.00195. The molecule has 0 aliphatic heterocycles. The number of nitrogens with zero attached hydrogens (tertiary/aromatic N) is 1. The third-order valence-electron chi connectivity index (χ3n) is 3.07. The number of halogens is 3. The molecule has 0 atom stereocenters. The minimum atomic E-state index is -4.52. The van der Waals surface area contributed by atoms with E-state index in [9.17, 15) is 13.2 Å². The molecule has 3 nitrogen and oxygen atoms in total. The maximum atomic E-state index is 11.7. The fraction of sp³-hybridized carbons (Fsp3) is 1.00. The second-order valence-electron chi connectivity index (χ2n) is 4.34. The maximum absolute atomic E-state index is 11.7. The predicted octanol–water partition coefficient (Wildman–Crippen LogP) is 1.72. The summed E-state index contributed by atoms with van der Waals surface area (Å²) in [6, 6.07) is 0.604. The van der Waals surface area contributed by atoms with E-state index >= 15 is 0 Å². The Morgan fingerprint density at radius 3 is 2.31 bits per heavy atom. The van der Waals surface area contributed by atoms with Crippen LogP contribution in [0.5, 0.6) is 0 Å². The minimum Gasteiger partial charge on any atom is -0.328 e. The van der Waals surface area contributed by atoms with Gasteiger partial charge in [-0.15, -0.1) is 13.2 Å². The van der Waals surface area contributed by atoms with Crippen LogP contribution in [0.25, 0.3) is 0 Å². The van der Waals surface area contributed by atoms with Gasteiger partial charge in [-0.3, -0.25) is 4.74 Å². The van der Waals surface area contributed by atoms with Crippen molar-refractivity contribution in [3.8, 4) is 0 Å². The average molecular weight is 240 g/mol.